The van der Waals surface area contributed by atoms with Crippen LogP contribution in [0.3, 0.4) is 0 Å². The van der Waals surface area contributed by atoms with Crippen molar-refractivity contribution in [3.8, 4) is 11.5 Å². The molecule has 5 heterocycles. The molecule has 3 aromatic heterocycles. The monoisotopic (exact) mass is 1160 g/mol. The van der Waals surface area contributed by atoms with Gasteiger partial charge < -0.3 is 64.5 Å². The molecule has 0 bridgehead atoms. The first kappa shape index (κ1) is 63.0. The average Bonchev–Trinajstić information content (AvgIpc) is 3.41. The Labute approximate surface area is 493 Å². The van der Waals surface area contributed by atoms with Gasteiger partial charge in [-0.1, -0.05) is 44.4 Å². The number of carbonyl (C=O) groups excluding carboxylic acids is 4. The Bertz CT molecular complexity index is 2950. The number of nitrogens with one attached hydrogen (secondary N) is 5. The first-order valence-electron chi connectivity index (χ1n) is 30.1. The van der Waals surface area contributed by atoms with E-state index in [4.69, 9.17) is 28.4 Å². The number of H-pyrrole nitrogens is 1. The minimum absolute atomic E-state index is 0.0276. The van der Waals surface area contributed by atoms with Crippen LogP contribution in [0.4, 0.5) is 5.69 Å². The molecule has 1 aliphatic carbocycles. The van der Waals surface area contributed by atoms with Crippen LogP contribution in [0.15, 0.2) is 83.9 Å². The Morgan fingerprint density at radius 1 is 0.726 bits per heavy atom. The fourth-order valence-electron chi connectivity index (χ4n) is 11.1. The highest BCUT2D eigenvalue weighted by Gasteiger charge is 2.32. The molecule has 3 aliphatic rings. The molecule has 454 valence electrons. The molecule has 1 saturated carbocycles. The van der Waals surface area contributed by atoms with E-state index in [1.54, 1.807) is 25.4 Å². The number of likely N-dealkylation sites (tertiary alicyclic amines) is 1. The predicted octanol–water partition coefficient (Wildman–Crippen LogP) is 5.40. The summed E-state index contributed by atoms with van der Waals surface area (Å²) in [7, 11) is 1.62. The number of hydrogen-bond donors (Lipinski definition) is 5. The molecule has 4 amide bonds. The van der Waals surface area contributed by atoms with Crippen molar-refractivity contribution in [3.63, 3.8) is 0 Å². The molecule has 2 aliphatic heterocycles. The Kier molecular flexibility index (Phi) is 25.1. The highest BCUT2D eigenvalue weighted by atomic mass is 16.6. The maximum absolute atomic E-state index is 13.9. The number of piperazine rings is 1. The number of aryl methyl sites for hydroxylation is 1. The van der Waals surface area contributed by atoms with Gasteiger partial charge in [0.2, 0.25) is 11.8 Å². The SMILES string of the molecule is CCOc1cc(OC)ccc1CNCC(=O)N1CCCC(c2cccc(C(=O)N[C@@H](C(=O)NCCOCCOCCOCCOCCNC(=O)c3ccc(N4CCN(Cc5cnc6cc(CC)c(=O)[nH]c6c5)CC4)cn3)C3CCCCC3)c2)C1. The molecule has 21 heteroatoms. The number of anilines is 1. The molecule has 2 aromatic carbocycles. The van der Waals surface area contributed by atoms with Crippen LogP contribution < -0.4 is 41.2 Å². The highest BCUT2D eigenvalue weighted by molar-refractivity contribution is 5.98. The van der Waals surface area contributed by atoms with E-state index in [1.165, 1.54) is 0 Å². The van der Waals surface area contributed by atoms with Crippen molar-refractivity contribution in [2.75, 3.05) is 130 Å². The summed E-state index contributed by atoms with van der Waals surface area (Å²) in [6.07, 6.45) is 11.0. The van der Waals surface area contributed by atoms with E-state index >= 15 is 0 Å². The third-order valence-electron chi connectivity index (χ3n) is 15.8. The number of aromatic nitrogens is 3. The van der Waals surface area contributed by atoms with E-state index < -0.39 is 6.04 Å². The van der Waals surface area contributed by atoms with Crippen LogP contribution in [0.2, 0.25) is 0 Å². The van der Waals surface area contributed by atoms with Crippen LogP contribution in [0.5, 0.6) is 11.5 Å². The second-order valence-corrected chi connectivity index (χ2v) is 21.6. The number of hydrogen-bond acceptors (Lipinski definition) is 16. The van der Waals surface area contributed by atoms with Gasteiger partial charge in [0, 0.05) is 100 Å². The summed E-state index contributed by atoms with van der Waals surface area (Å²) in [6.45, 7) is 14.0. The second-order valence-electron chi connectivity index (χ2n) is 21.6. The summed E-state index contributed by atoms with van der Waals surface area (Å²) in [4.78, 5) is 84.5. The number of piperidine rings is 1. The molecule has 0 spiro atoms. The molecular formula is C63H86N10O11. The van der Waals surface area contributed by atoms with Crippen molar-refractivity contribution in [2.45, 2.75) is 90.3 Å². The zero-order chi connectivity index (χ0) is 58.9. The van der Waals surface area contributed by atoms with Gasteiger partial charge in [0.1, 0.15) is 23.2 Å². The zero-order valence-corrected chi connectivity index (χ0v) is 49.3. The third-order valence-corrected chi connectivity index (χ3v) is 15.8. The summed E-state index contributed by atoms with van der Waals surface area (Å²) in [5.74, 6) is 0.829. The zero-order valence-electron chi connectivity index (χ0n) is 49.3. The van der Waals surface area contributed by atoms with Gasteiger partial charge in [-0.15, -0.1) is 0 Å². The average molecular weight is 1160 g/mol. The van der Waals surface area contributed by atoms with Crippen LogP contribution in [0.1, 0.15) is 108 Å². The Balaban J connectivity index is 0.640. The Hall–Kier alpha value is -7.01. The van der Waals surface area contributed by atoms with Gasteiger partial charge in [-0.25, -0.2) is 4.98 Å². The molecule has 0 radical (unpaired) electrons. The lowest BCUT2D eigenvalue weighted by Gasteiger charge is -2.36. The minimum atomic E-state index is -0.667. The number of nitrogens with zero attached hydrogens (tertiary/aromatic N) is 5. The third kappa shape index (κ3) is 19.0. The highest BCUT2D eigenvalue weighted by Crippen LogP contribution is 2.30. The first-order valence-corrected chi connectivity index (χ1v) is 30.1. The largest absolute Gasteiger partial charge is 0.497 e. The van der Waals surface area contributed by atoms with E-state index in [9.17, 15) is 24.0 Å². The lowest BCUT2D eigenvalue weighted by molar-refractivity contribution is -0.131. The lowest BCUT2D eigenvalue weighted by atomic mass is 9.83. The summed E-state index contributed by atoms with van der Waals surface area (Å²) in [5.41, 5.74) is 7.06. The molecule has 8 rings (SSSR count). The molecular weight excluding hydrogens is 1070 g/mol. The van der Waals surface area contributed by atoms with E-state index in [0.29, 0.717) is 116 Å². The smallest absolute Gasteiger partial charge is 0.269 e. The maximum Gasteiger partial charge on any atom is 0.269 e. The van der Waals surface area contributed by atoms with Gasteiger partial charge in [0.25, 0.3) is 17.4 Å². The van der Waals surface area contributed by atoms with Gasteiger partial charge >= 0.3 is 0 Å². The molecule has 84 heavy (non-hydrogen) atoms. The first-order chi connectivity index (χ1) is 41.1. The van der Waals surface area contributed by atoms with Crippen molar-refractivity contribution in [2.24, 2.45) is 5.92 Å². The molecule has 21 nitrogen and oxygen atoms in total. The van der Waals surface area contributed by atoms with Crippen molar-refractivity contribution >= 4 is 40.3 Å². The number of carbonyl (C=O) groups is 4. The van der Waals surface area contributed by atoms with E-state index in [-0.39, 0.29) is 47.6 Å². The summed E-state index contributed by atoms with van der Waals surface area (Å²) >= 11 is 0. The number of pyridine rings is 3. The standard InChI is InChI=1S/C63H86N10O11/c1-4-46-37-55-56(69-60(46)75)35-45(39-67-55)43-71-23-25-72(26-24-71)52-17-19-54(68-41-52)62(77)65-20-27-80-29-31-82-33-34-83-32-30-81-28-21-66-63(78)59(47-11-7-6-8-12-47)70-61(76)49-14-9-13-48(36-49)51-15-10-22-73(44-51)58(74)42-64-40-50-16-18-53(79-3)38-57(50)84-5-2/h9,13-14,16-19,35-39,41,47,51,59,64H,4-8,10-12,15,20-34,40,42-44H2,1-3H3,(H,65,77)(H,66,78)(H,69,75)(H,70,76)/t51?,59-/m1/s1. The molecule has 5 aromatic rings. The van der Waals surface area contributed by atoms with E-state index in [0.717, 1.165) is 122 Å². The maximum atomic E-state index is 13.9. The molecule has 2 atom stereocenters. The van der Waals surface area contributed by atoms with Gasteiger partial charge in [-0.05, 0) is 98.5 Å². The van der Waals surface area contributed by atoms with Crippen molar-refractivity contribution < 1.29 is 47.6 Å². The minimum Gasteiger partial charge on any atom is -0.497 e. The van der Waals surface area contributed by atoms with E-state index in [1.807, 2.05) is 79.5 Å². The van der Waals surface area contributed by atoms with Gasteiger partial charge in [-0.2, -0.15) is 0 Å². The Morgan fingerprint density at radius 2 is 1.46 bits per heavy atom. The number of amides is 4. The fourth-order valence-corrected chi connectivity index (χ4v) is 11.1. The molecule has 2 saturated heterocycles. The molecule has 1 unspecified atom stereocenters. The number of aromatic amines is 1. The molecule has 5 N–H and O–H groups in total. The quantitative estimate of drug-likeness (QED) is 0.0339. The van der Waals surface area contributed by atoms with Crippen molar-refractivity contribution in [1.29, 1.82) is 0 Å². The second kappa shape index (κ2) is 33.5. The van der Waals surface area contributed by atoms with Gasteiger partial charge in [0.05, 0.1) is 96.0 Å². The Morgan fingerprint density at radius 3 is 2.17 bits per heavy atom. The van der Waals surface area contributed by atoms with Crippen LogP contribution in [-0.4, -0.2) is 180 Å². The fraction of sp³-hybridized carbons (Fsp3) is 0.540. The van der Waals surface area contributed by atoms with Crippen LogP contribution >= 0.6 is 0 Å². The van der Waals surface area contributed by atoms with Crippen molar-refractivity contribution in [3.05, 3.63) is 123 Å². The predicted molar refractivity (Wildman–Crippen MR) is 321 cm³/mol. The van der Waals surface area contributed by atoms with Gasteiger partial charge in [-0.3, -0.25) is 33.9 Å². The topological polar surface area (TPSA) is 240 Å². The van der Waals surface area contributed by atoms with Crippen molar-refractivity contribution in [1.82, 2.24) is 46.0 Å². The van der Waals surface area contributed by atoms with Crippen LogP contribution in [0, 0.1) is 5.92 Å². The molecule has 3 fully saturated rings. The van der Waals surface area contributed by atoms with E-state index in [2.05, 4.69) is 46.0 Å². The number of fused-ring (bicyclic) bond motifs is 1. The van der Waals surface area contributed by atoms with Crippen LogP contribution in [0.25, 0.3) is 11.0 Å². The van der Waals surface area contributed by atoms with Gasteiger partial charge in [0.15, 0.2) is 0 Å². The number of benzene rings is 2. The lowest BCUT2D eigenvalue weighted by Crippen LogP contribution is -2.52. The number of rotatable bonds is 32. The number of methoxy groups -OCH3 is 1. The summed E-state index contributed by atoms with van der Waals surface area (Å²) in [6, 6.07) is 20.2. The normalized spacial score (nSPS) is 16.3. The number of ether oxygens (including phenoxy) is 6. The summed E-state index contributed by atoms with van der Waals surface area (Å²) < 4.78 is 33.8. The van der Waals surface area contributed by atoms with Crippen LogP contribution in [-0.2, 0) is 48.0 Å². The summed E-state index contributed by atoms with van der Waals surface area (Å²) in [5, 5.41) is 12.2.